The second-order valence-electron chi connectivity index (χ2n) is 3.55. The van der Waals surface area contributed by atoms with Crippen molar-refractivity contribution in [2.24, 2.45) is 0 Å². The van der Waals surface area contributed by atoms with Crippen molar-refractivity contribution in [3.63, 3.8) is 0 Å². The van der Waals surface area contributed by atoms with Gasteiger partial charge in [0.2, 0.25) is 0 Å². The number of carbonyl (C=O) groups excluding carboxylic acids is 4. The molecular formula is C12H9NO6. The van der Waals surface area contributed by atoms with Crippen LogP contribution in [0, 0.1) is 0 Å². The summed E-state index contributed by atoms with van der Waals surface area (Å²) in [6, 6.07) is 5.99. The van der Waals surface area contributed by atoms with Gasteiger partial charge in [0.25, 0.3) is 11.8 Å². The van der Waals surface area contributed by atoms with Gasteiger partial charge in [0, 0.05) is 0 Å². The van der Waals surface area contributed by atoms with Crippen LogP contribution in [0.1, 0.15) is 27.6 Å². The van der Waals surface area contributed by atoms with Crippen molar-refractivity contribution in [2.45, 2.75) is 6.92 Å². The lowest BCUT2D eigenvalue weighted by molar-refractivity contribution is -0.183. The highest BCUT2D eigenvalue weighted by Gasteiger charge is 2.39. The predicted octanol–water partition coefficient (Wildman–Crippen LogP) is 0.304. The maximum absolute atomic E-state index is 11.8. The Bertz CT molecular complexity index is 544. The molecule has 19 heavy (non-hydrogen) atoms. The largest absolute Gasteiger partial charge is 0.458 e. The van der Waals surface area contributed by atoms with E-state index in [1.54, 1.807) is 12.1 Å². The van der Waals surface area contributed by atoms with Gasteiger partial charge >= 0.3 is 11.9 Å². The molecule has 0 unspecified atom stereocenters. The van der Waals surface area contributed by atoms with Crippen molar-refractivity contribution in [1.29, 1.82) is 0 Å². The van der Waals surface area contributed by atoms with E-state index in [0.717, 1.165) is 0 Å². The Kier molecular flexibility index (Phi) is 3.28. The lowest BCUT2D eigenvalue weighted by atomic mass is 10.1. The lowest BCUT2D eigenvalue weighted by Gasteiger charge is -2.11. The number of imide groups is 1. The highest BCUT2D eigenvalue weighted by Crippen LogP contribution is 2.22. The number of hydrogen-bond acceptors (Lipinski definition) is 6. The fourth-order valence-corrected chi connectivity index (χ4v) is 1.56. The summed E-state index contributed by atoms with van der Waals surface area (Å²) in [7, 11) is 0. The molecule has 0 saturated heterocycles. The minimum absolute atomic E-state index is 0.0178. The molecular weight excluding hydrogens is 254 g/mol. The number of rotatable bonds is 2. The number of amides is 2. The maximum atomic E-state index is 11.8. The molecule has 1 aliphatic heterocycles. The summed E-state index contributed by atoms with van der Waals surface area (Å²) < 4.78 is 4.40. The van der Waals surface area contributed by atoms with Crippen LogP contribution >= 0.6 is 0 Å². The summed E-state index contributed by atoms with van der Waals surface area (Å²) >= 11 is 0. The number of hydrogen-bond donors (Lipinski definition) is 0. The summed E-state index contributed by atoms with van der Waals surface area (Å²) in [6.45, 7) is 1.49. The molecule has 1 aromatic rings. The van der Waals surface area contributed by atoms with Gasteiger partial charge in [0.15, 0.2) is 0 Å². The molecule has 0 N–H and O–H groups in total. The first kappa shape index (κ1) is 12.7. The topological polar surface area (TPSA) is 90.0 Å². The quantitative estimate of drug-likeness (QED) is 0.433. The minimum atomic E-state index is -1.42. The third kappa shape index (κ3) is 2.17. The normalized spacial score (nSPS) is 13.2. The van der Waals surface area contributed by atoms with E-state index >= 15 is 0 Å². The molecule has 7 nitrogen and oxygen atoms in total. The molecule has 0 spiro atoms. The number of carbonyl (C=O) groups is 4. The van der Waals surface area contributed by atoms with Crippen molar-refractivity contribution in [3.05, 3.63) is 35.4 Å². The molecule has 0 saturated carbocycles. The SMILES string of the molecule is CCOC(=O)C(=O)ON1C(=O)c2ccccc2C1=O. The van der Waals surface area contributed by atoms with E-state index in [9.17, 15) is 19.2 Å². The molecule has 1 heterocycles. The Morgan fingerprint density at radius 2 is 1.58 bits per heavy atom. The van der Waals surface area contributed by atoms with Crippen molar-refractivity contribution >= 4 is 23.8 Å². The molecule has 0 radical (unpaired) electrons. The van der Waals surface area contributed by atoms with Crippen LogP contribution in [0.2, 0.25) is 0 Å². The van der Waals surface area contributed by atoms with Crippen LogP contribution in [-0.4, -0.2) is 35.4 Å². The van der Waals surface area contributed by atoms with E-state index in [1.165, 1.54) is 19.1 Å². The average Bonchev–Trinajstić information content (AvgIpc) is 2.65. The van der Waals surface area contributed by atoms with Gasteiger partial charge in [-0.2, -0.15) is 0 Å². The van der Waals surface area contributed by atoms with Crippen LogP contribution in [0.15, 0.2) is 24.3 Å². The molecule has 0 bridgehead atoms. The molecule has 1 aromatic carbocycles. The van der Waals surface area contributed by atoms with Crippen LogP contribution in [0.25, 0.3) is 0 Å². The van der Waals surface area contributed by atoms with Crippen molar-refractivity contribution in [1.82, 2.24) is 5.06 Å². The fourth-order valence-electron chi connectivity index (χ4n) is 1.56. The zero-order valence-corrected chi connectivity index (χ0v) is 9.91. The van der Waals surface area contributed by atoms with E-state index in [4.69, 9.17) is 0 Å². The van der Waals surface area contributed by atoms with Crippen molar-refractivity contribution in [3.8, 4) is 0 Å². The molecule has 7 heteroatoms. The fraction of sp³-hybridized carbons (Fsp3) is 0.167. The third-order valence-corrected chi connectivity index (χ3v) is 2.37. The van der Waals surface area contributed by atoms with Crippen molar-refractivity contribution < 1.29 is 28.8 Å². The highest BCUT2D eigenvalue weighted by atomic mass is 16.7. The van der Waals surface area contributed by atoms with Gasteiger partial charge in [-0.15, -0.1) is 0 Å². The Balaban J connectivity index is 2.17. The molecule has 0 aromatic heterocycles. The van der Waals surface area contributed by atoms with E-state index in [2.05, 4.69) is 9.57 Å². The van der Waals surface area contributed by atoms with Crippen molar-refractivity contribution in [2.75, 3.05) is 6.61 Å². The maximum Gasteiger partial charge on any atom is 0.442 e. The van der Waals surface area contributed by atoms with Gasteiger partial charge in [-0.1, -0.05) is 17.2 Å². The lowest BCUT2D eigenvalue weighted by Crippen LogP contribution is -2.35. The Morgan fingerprint density at radius 3 is 2.05 bits per heavy atom. The smallest absolute Gasteiger partial charge is 0.442 e. The molecule has 0 fully saturated rings. The van der Waals surface area contributed by atoms with Gasteiger partial charge in [-0.25, -0.2) is 9.59 Å². The van der Waals surface area contributed by atoms with E-state index in [0.29, 0.717) is 0 Å². The molecule has 2 amide bonds. The number of nitrogens with zero attached hydrogens (tertiary/aromatic N) is 1. The van der Waals surface area contributed by atoms with Gasteiger partial charge in [-0.05, 0) is 19.1 Å². The zero-order chi connectivity index (χ0) is 14.0. The summed E-state index contributed by atoms with van der Waals surface area (Å²) in [4.78, 5) is 50.4. The average molecular weight is 263 g/mol. The third-order valence-electron chi connectivity index (χ3n) is 2.37. The van der Waals surface area contributed by atoms with Crippen LogP contribution < -0.4 is 0 Å². The van der Waals surface area contributed by atoms with Crippen LogP contribution in [0.3, 0.4) is 0 Å². The number of fused-ring (bicyclic) bond motifs is 1. The first-order chi connectivity index (χ1) is 9.06. The number of esters is 1. The van der Waals surface area contributed by atoms with E-state index in [-0.39, 0.29) is 22.8 Å². The summed E-state index contributed by atoms with van der Waals surface area (Å²) in [5.41, 5.74) is 0.230. The van der Waals surface area contributed by atoms with Crippen LogP contribution in [-0.2, 0) is 19.2 Å². The van der Waals surface area contributed by atoms with E-state index < -0.39 is 23.8 Å². The summed E-state index contributed by atoms with van der Waals surface area (Å²) in [6.07, 6.45) is 0. The van der Waals surface area contributed by atoms with E-state index in [1.807, 2.05) is 0 Å². The Labute approximate surface area is 107 Å². The first-order valence-electron chi connectivity index (χ1n) is 5.43. The second-order valence-corrected chi connectivity index (χ2v) is 3.55. The highest BCUT2D eigenvalue weighted by molar-refractivity contribution is 6.31. The van der Waals surface area contributed by atoms with Gasteiger partial charge < -0.3 is 9.57 Å². The van der Waals surface area contributed by atoms with Crippen LogP contribution in [0.4, 0.5) is 0 Å². The van der Waals surface area contributed by atoms with Gasteiger partial charge in [0.05, 0.1) is 17.7 Å². The monoisotopic (exact) mass is 263 g/mol. The van der Waals surface area contributed by atoms with Crippen LogP contribution in [0.5, 0.6) is 0 Å². The summed E-state index contributed by atoms with van der Waals surface area (Å²) in [5, 5.41) is 0.254. The predicted molar refractivity (Wildman–Crippen MR) is 59.7 cm³/mol. The second kappa shape index (κ2) is 4.89. The summed E-state index contributed by atoms with van der Waals surface area (Å²) in [5.74, 6) is -4.27. The van der Waals surface area contributed by atoms with Gasteiger partial charge in [0.1, 0.15) is 0 Å². The number of hydroxylamine groups is 2. The molecule has 98 valence electrons. The number of ether oxygens (including phenoxy) is 1. The number of benzene rings is 1. The molecule has 2 rings (SSSR count). The van der Waals surface area contributed by atoms with Gasteiger partial charge in [-0.3, -0.25) is 9.59 Å². The zero-order valence-electron chi connectivity index (χ0n) is 9.91. The molecule has 1 aliphatic rings. The minimum Gasteiger partial charge on any atom is -0.458 e. The Morgan fingerprint density at radius 1 is 1.05 bits per heavy atom. The first-order valence-corrected chi connectivity index (χ1v) is 5.43. The molecule has 0 aliphatic carbocycles. The molecule has 0 atom stereocenters. The Hall–Kier alpha value is -2.70. The standard InChI is InChI=1S/C12H9NO6/c1-2-18-11(16)12(17)19-13-9(14)7-5-3-4-6-8(7)10(13)15/h3-6H,2H2,1H3.